The Morgan fingerprint density at radius 1 is 1.56 bits per heavy atom. The molecule has 0 radical (unpaired) electrons. The number of nitrogens with two attached hydrogens (primary N) is 1. The molecule has 1 heterocycles. The van der Waals surface area contributed by atoms with Crippen LogP contribution >= 0.6 is 11.8 Å². The Kier molecular flexibility index (Phi) is 3.65. The summed E-state index contributed by atoms with van der Waals surface area (Å²) < 4.78 is 0.222. The number of nitro benzene ring substituents is 1. The van der Waals surface area contributed by atoms with Crippen molar-refractivity contribution in [3.63, 3.8) is 0 Å². The van der Waals surface area contributed by atoms with Gasteiger partial charge in [-0.25, -0.2) is 0 Å². The molecule has 5 nitrogen and oxygen atoms in total. The second-order valence-corrected chi connectivity index (χ2v) is 6.51. The van der Waals surface area contributed by atoms with Crippen LogP contribution < -0.4 is 11.1 Å². The van der Waals surface area contributed by atoms with E-state index in [0.717, 1.165) is 12.2 Å². The molecule has 1 aliphatic rings. The van der Waals surface area contributed by atoms with Gasteiger partial charge in [0.15, 0.2) is 0 Å². The molecule has 0 amide bonds. The number of nitrogen functional groups attached to an aromatic ring is 1. The topological polar surface area (TPSA) is 81.2 Å². The molecule has 3 N–H and O–H groups in total. The van der Waals surface area contributed by atoms with Crippen LogP contribution in [-0.4, -0.2) is 22.0 Å². The second kappa shape index (κ2) is 5.06. The highest BCUT2D eigenvalue weighted by Gasteiger charge is 2.29. The van der Waals surface area contributed by atoms with Gasteiger partial charge in [0.2, 0.25) is 0 Å². The zero-order valence-electron chi connectivity index (χ0n) is 10.3. The molecule has 0 aliphatic carbocycles. The van der Waals surface area contributed by atoms with E-state index >= 15 is 0 Å². The highest BCUT2D eigenvalue weighted by molar-refractivity contribution is 8.00. The maximum Gasteiger partial charge on any atom is 0.273 e. The lowest BCUT2D eigenvalue weighted by atomic mass is 10.1. The van der Waals surface area contributed by atoms with Gasteiger partial charge in [0.1, 0.15) is 0 Å². The average molecular weight is 267 g/mol. The third-order valence-electron chi connectivity index (χ3n) is 3.12. The summed E-state index contributed by atoms with van der Waals surface area (Å²) >= 11 is 1.95. The molecule has 1 saturated heterocycles. The Bertz CT molecular complexity index is 459. The van der Waals surface area contributed by atoms with Gasteiger partial charge in [0, 0.05) is 34.8 Å². The molecular weight excluding hydrogens is 250 g/mol. The molecule has 1 unspecified atom stereocenters. The number of nitrogens with zero attached hydrogens (tertiary/aromatic N) is 1. The van der Waals surface area contributed by atoms with Crippen LogP contribution in [0.1, 0.15) is 19.8 Å². The maximum atomic E-state index is 10.7. The van der Waals surface area contributed by atoms with E-state index in [1.54, 1.807) is 6.07 Å². The van der Waals surface area contributed by atoms with Crippen molar-refractivity contribution in [1.29, 1.82) is 0 Å². The van der Waals surface area contributed by atoms with Gasteiger partial charge in [-0.2, -0.15) is 11.8 Å². The summed E-state index contributed by atoms with van der Waals surface area (Å²) in [5.41, 5.74) is 6.82. The van der Waals surface area contributed by atoms with E-state index < -0.39 is 4.92 Å². The van der Waals surface area contributed by atoms with Crippen molar-refractivity contribution in [1.82, 2.24) is 0 Å². The number of rotatable bonds is 4. The molecule has 0 spiro atoms. The number of hydrogen-bond donors (Lipinski definition) is 2. The van der Waals surface area contributed by atoms with E-state index in [-0.39, 0.29) is 10.4 Å². The first-order chi connectivity index (χ1) is 8.48. The highest BCUT2D eigenvalue weighted by atomic mass is 32.2. The molecule has 6 heteroatoms. The number of benzene rings is 1. The van der Waals surface area contributed by atoms with Crippen molar-refractivity contribution in [2.75, 3.05) is 23.3 Å². The Labute approximate surface area is 110 Å². The lowest BCUT2D eigenvalue weighted by Gasteiger charge is -2.23. The van der Waals surface area contributed by atoms with Gasteiger partial charge in [0.25, 0.3) is 5.69 Å². The van der Waals surface area contributed by atoms with Crippen LogP contribution in [0.5, 0.6) is 0 Å². The van der Waals surface area contributed by atoms with Crippen molar-refractivity contribution in [2.45, 2.75) is 24.5 Å². The summed E-state index contributed by atoms with van der Waals surface area (Å²) in [7, 11) is 0. The third-order valence-corrected chi connectivity index (χ3v) is 4.66. The predicted octanol–water partition coefficient (Wildman–Crippen LogP) is 2.87. The first-order valence-electron chi connectivity index (χ1n) is 5.91. The smallest absolute Gasteiger partial charge is 0.273 e. The van der Waals surface area contributed by atoms with Crippen LogP contribution in [0.3, 0.4) is 0 Å². The first kappa shape index (κ1) is 13.0. The second-order valence-electron chi connectivity index (χ2n) is 4.83. The molecule has 0 aromatic heterocycles. The number of thioether (sulfide) groups is 1. The summed E-state index contributed by atoms with van der Waals surface area (Å²) in [4.78, 5) is 10.3. The van der Waals surface area contributed by atoms with Gasteiger partial charge < -0.3 is 11.1 Å². The fraction of sp³-hybridized carbons (Fsp3) is 0.500. The Balaban J connectivity index is 2.07. The zero-order valence-corrected chi connectivity index (χ0v) is 11.1. The van der Waals surface area contributed by atoms with Gasteiger partial charge in [0.05, 0.1) is 4.92 Å². The highest BCUT2D eigenvalue weighted by Crippen LogP contribution is 2.37. The summed E-state index contributed by atoms with van der Waals surface area (Å²) in [6.07, 6.45) is 2.41. The Hall–Kier alpha value is -1.43. The summed E-state index contributed by atoms with van der Waals surface area (Å²) in [5.74, 6) is 1.19. The SMILES string of the molecule is CC1(CNc2cc(N)cc([N+](=O)[O-])c2)CCCS1. The first-order valence-corrected chi connectivity index (χ1v) is 6.90. The molecular formula is C12H17N3O2S. The Morgan fingerprint density at radius 2 is 2.33 bits per heavy atom. The average Bonchev–Trinajstić information content (AvgIpc) is 2.73. The lowest BCUT2D eigenvalue weighted by molar-refractivity contribution is -0.384. The molecule has 2 rings (SSSR count). The maximum absolute atomic E-state index is 10.7. The molecule has 1 aromatic rings. The monoisotopic (exact) mass is 267 g/mol. The number of anilines is 2. The quantitative estimate of drug-likeness (QED) is 0.498. The Morgan fingerprint density at radius 3 is 2.94 bits per heavy atom. The number of non-ortho nitro benzene ring substituents is 1. The van der Waals surface area contributed by atoms with E-state index in [2.05, 4.69) is 12.2 Å². The van der Waals surface area contributed by atoms with Crippen molar-refractivity contribution in [2.24, 2.45) is 0 Å². The molecule has 98 valence electrons. The van der Waals surface area contributed by atoms with Gasteiger partial charge in [-0.05, 0) is 31.6 Å². The summed E-state index contributed by atoms with van der Waals surface area (Å²) in [6.45, 7) is 3.02. The van der Waals surface area contributed by atoms with E-state index in [9.17, 15) is 10.1 Å². The van der Waals surface area contributed by atoms with Crippen LogP contribution in [0.4, 0.5) is 17.1 Å². The minimum absolute atomic E-state index is 0.0294. The fourth-order valence-corrected chi connectivity index (χ4v) is 3.35. The molecule has 1 fully saturated rings. The van der Waals surface area contributed by atoms with Crippen LogP contribution in [0, 0.1) is 10.1 Å². The van der Waals surface area contributed by atoms with E-state index in [0.29, 0.717) is 5.69 Å². The van der Waals surface area contributed by atoms with E-state index in [1.807, 2.05) is 11.8 Å². The number of hydrogen-bond acceptors (Lipinski definition) is 5. The molecule has 18 heavy (non-hydrogen) atoms. The van der Waals surface area contributed by atoms with Crippen molar-refractivity contribution < 1.29 is 4.92 Å². The molecule has 0 bridgehead atoms. The summed E-state index contributed by atoms with van der Waals surface area (Å²) in [5, 5.41) is 14.0. The van der Waals surface area contributed by atoms with Gasteiger partial charge in [-0.15, -0.1) is 0 Å². The molecule has 0 saturated carbocycles. The van der Waals surface area contributed by atoms with Crippen LogP contribution in [0.25, 0.3) is 0 Å². The van der Waals surface area contributed by atoms with Crippen LogP contribution in [-0.2, 0) is 0 Å². The van der Waals surface area contributed by atoms with Crippen LogP contribution in [0.2, 0.25) is 0 Å². The van der Waals surface area contributed by atoms with Gasteiger partial charge in [-0.3, -0.25) is 10.1 Å². The normalized spacial score (nSPS) is 22.9. The van der Waals surface area contributed by atoms with Crippen molar-refractivity contribution in [3.8, 4) is 0 Å². The van der Waals surface area contributed by atoms with E-state index in [4.69, 9.17) is 5.73 Å². The zero-order chi connectivity index (χ0) is 13.2. The molecule has 1 atom stereocenters. The van der Waals surface area contributed by atoms with Crippen molar-refractivity contribution >= 4 is 28.8 Å². The van der Waals surface area contributed by atoms with E-state index in [1.165, 1.54) is 30.7 Å². The number of nitrogens with one attached hydrogen (secondary N) is 1. The fourth-order valence-electron chi connectivity index (χ4n) is 2.11. The lowest BCUT2D eigenvalue weighted by Crippen LogP contribution is -2.27. The largest absolute Gasteiger partial charge is 0.398 e. The molecule has 1 aromatic carbocycles. The van der Waals surface area contributed by atoms with Gasteiger partial charge >= 0.3 is 0 Å². The number of nitro groups is 1. The third kappa shape index (κ3) is 3.07. The predicted molar refractivity (Wildman–Crippen MR) is 76.1 cm³/mol. The van der Waals surface area contributed by atoms with Gasteiger partial charge in [-0.1, -0.05) is 0 Å². The van der Waals surface area contributed by atoms with Crippen LogP contribution in [0.15, 0.2) is 18.2 Å². The minimum atomic E-state index is -0.423. The van der Waals surface area contributed by atoms with Crippen molar-refractivity contribution in [3.05, 3.63) is 28.3 Å². The molecule has 1 aliphatic heterocycles. The minimum Gasteiger partial charge on any atom is -0.398 e. The summed E-state index contributed by atoms with van der Waals surface area (Å²) in [6, 6.07) is 4.63. The standard InChI is InChI=1S/C12H17N3O2S/c1-12(3-2-4-18-12)8-14-10-5-9(13)6-11(7-10)15(16)17/h5-7,14H,2-4,8,13H2,1H3.